The molecule has 0 radical (unpaired) electrons. The molecular formula is C13H18ClN3O. The molecule has 1 N–H and O–H groups in total. The maximum atomic E-state index is 11.0. The molecule has 4 nitrogen and oxygen atoms in total. The van der Waals surface area contributed by atoms with E-state index in [0.717, 1.165) is 12.8 Å². The fraction of sp³-hybridized carbons (Fsp3) is 0.615. The minimum atomic E-state index is 0.208. The van der Waals surface area contributed by atoms with E-state index in [0.29, 0.717) is 35.5 Å². The van der Waals surface area contributed by atoms with E-state index in [1.165, 1.54) is 12.7 Å². The summed E-state index contributed by atoms with van der Waals surface area (Å²) in [4.78, 5) is 18.9. The zero-order chi connectivity index (χ0) is 13.1. The van der Waals surface area contributed by atoms with Gasteiger partial charge in [-0.2, -0.15) is 0 Å². The van der Waals surface area contributed by atoms with E-state index in [-0.39, 0.29) is 5.15 Å². The number of hydrogen-bond donors (Lipinski definition) is 1. The van der Waals surface area contributed by atoms with Crippen molar-refractivity contribution < 1.29 is 4.79 Å². The van der Waals surface area contributed by atoms with Crippen LogP contribution in [-0.2, 0) is 0 Å². The lowest BCUT2D eigenvalue weighted by Gasteiger charge is -2.32. The quantitative estimate of drug-likeness (QED) is 0.675. The first-order valence-electron chi connectivity index (χ1n) is 6.32. The number of nitrogens with zero attached hydrogens (tertiary/aromatic N) is 2. The van der Waals surface area contributed by atoms with Crippen molar-refractivity contribution >= 4 is 23.7 Å². The van der Waals surface area contributed by atoms with Crippen LogP contribution in [0.4, 0.5) is 5.82 Å². The summed E-state index contributed by atoms with van der Waals surface area (Å²) in [5.74, 6) is 1.95. The van der Waals surface area contributed by atoms with Gasteiger partial charge in [0.15, 0.2) is 6.29 Å². The number of aldehydes is 1. The van der Waals surface area contributed by atoms with Crippen molar-refractivity contribution in [1.82, 2.24) is 9.97 Å². The molecule has 1 saturated carbocycles. The summed E-state index contributed by atoms with van der Waals surface area (Å²) in [7, 11) is 0. The third kappa shape index (κ3) is 2.99. The fourth-order valence-corrected chi connectivity index (χ4v) is 3.03. The topological polar surface area (TPSA) is 54.9 Å². The summed E-state index contributed by atoms with van der Waals surface area (Å²) in [6.45, 7) is 4.52. The molecule has 1 aromatic heterocycles. The largest absolute Gasteiger partial charge is 0.367 e. The van der Waals surface area contributed by atoms with Gasteiger partial charge in [0.1, 0.15) is 17.3 Å². The molecule has 2 unspecified atom stereocenters. The highest BCUT2D eigenvalue weighted by atomic mass is 35.5. The Hall–Kier alpha value is -1.16. The second-order valence-electron chi connectivity index (χ2n) is 5.30. The minimum Gasteiger partial charge on any atom is -0.367 e. The molecule has 1 heterocycles. The van der Waals surface area contributed by atoms with Crippen LogP contribution >= 0.6 is 11.6 Å². The number of rotatable bonds is 3. The van der Waals surface area contributed by atoms with E-state index < -0.39 is 0 Å². The number of nitrogens with one attached hydrogen (secondary N) is 1. The SMILES string of the molecule is CC1CC(C)CC(Nc2ncnc(Cl)c2C=O)C1. The normalized spacial score (nSPS) is 27.8. The Morgan fingerprint density at radius 1 is 1.28 bits per heavy atom. The molecule has 1 aromatic rings. The van der Waals surface area contributed by atoms with Crippen LogP contribution in [0.3, 0.4) is 0 Å². The molecule has 0 aromatic carbocycles. The molecule has 98 valence electrons. The van der Waals surface area contributed by atoms with Crippen molar-refractivity contribution in [3.63, 3.8) is 0 Å². The predicted octanol–water partition coefficient (Wildman–Crippen LogP) is 3.18. The summed E-state index contributed by atoms with van der Waals surface area (Å²) in [6.07, 6.45) is 5.56. The maximum absolute atomic E-state index is 11.0. The Morgan fingerprint density at radius 2 is 1.94 bits per heavy atom. The van der Waals surface area contributed by atoms with Crippen molar-refractivity contribution in [3.8, 4) is 0 Å². The monoisotopic (exact) mass is 267 g/mol. The molecule has 0 aliphatic heterocycles. The highest BCUT2D eigenvalue weighted by Gasteiger charge is 2.24. The first-order valence-corrected chi connectivity index (χ1v) is 6.70. The van der Waals surface area contributed by atoms with Crippen molar-refractivity contribution in [2.24, 2.45) is 11.8 Å². The number of aromatic nitrogens is 2. The first kappa shape index (κ1) is 13.3. The van der Waals surface area contributed by atoms with Crippen LogP contribution in [0.15, 0.2) is 6.33 Å². The van der Waals surface area contributed by atoms with Crippen molar-refractivity contribution in [3.05, 3.63) is 17.0 Å². The van der Waals surface area contributed by atoms with Crippen LogP contribution in [0.1, 0.15) is 43.5 Å². The van der Waals surface area contributed by atoms with Gasteiger partial charge < -0.3 is 5.32 Å². The lowest BCUT2D eigenvalue weighted by Crippen LogP contribution is -2.31. The van der Waals surface area contributed by atoms with Gasteiger partial charge in [-0.3, -0.25) is 4.79 Å². The van der Waals surface area contributed by atoms with E-state index in [2.05, 4.69) is 29.1 Å². The van der Waals surface area contributed by atoms with E-state index in [1.807, 2.05) is 0 Å². The van der Waals surface area contributed by atoms with Gasteiger partial charge in [0, 0.05) is 6.04 Å². The number of carbonyl (C=O) groups is 1. The third-order valence-electron chi connectivity index (χ3n) is 3.47. The number of carbonyl (C=O) groups excluding carboxylic acids is 1. The van der Waals surface area contributed by atoms with Crippen molar-refractivity contribution in [2.45, 2.75) is 39.2 Å². The molecule has 1 fully saturated rings. The molecule has 0 amide bonds. The van der Waals surface area contributed by atoms with Gasteiger partial charge in [-0.25, -0.2) is 9.97 Å². The lowest BCUT2D eigenvalue weighted by atomic mass is 9.80. The molecule has 2 rings (SSSR count). The second kappa shape index (κ2) is 5.65. The third-order valence-corrected chi connectivity index (χ3v) is 3.77. The highest BCUT2D eigenvalue weighted by Crippen LogP contribution is 2.31. The van der Waals surface area contributed by atoms with Crippen LogP contribution in [0.5, 0.6) is 0 Å². The van der Waals surface area contributed by atoms with Crippen molar-refractivity contribution in [1.29, 1.82) is 0 Å². The van der Waals surface area contributed by atoms with Crippen LogP contribution in [-0.4, -0.2) is 22.3 Å². The molecule has 0 spiro atoms. The molecule has 2 atom stereocenters. The second-order valence-corrected chi connectivity index (χ2v) is 5.66. The predicted molar refractivity (Wildman–Crippen MR) is 72.0 cm³/mol. The Kier molecular flexibility index (Phi) is 4.17. The molecule has 18 heavy (non-hydrogen) atoms. The summed E-state index contributed by atoms with van der Waals surface area (Å²) in [6, 6.07) is 0.355. The van der Waals surface area contributed by atoms with Crippen LogP contribution in [0.2, 0.25) is 5.15 Å². The van der Waals surface area contributed by atoms with E-state index in [9.17, 15) is 4.79 Å². The van der Waals surface area contributed by atoms with E-state index >= 15 is 0 Å². The molecule has 0 bridgehead atoms. The molecule has 1 aliphatic carbocycles. The minimum absolute atomic E-state index is 0.208. The highest BCUT2D eigenvalue weighted by molar-refractivity contribution is 6.32. The van der Waals surface area contributed by atoms with Gasteiger partial charge >= 0.3 is 0 Å². The molecule has 1 aliphatic rings. The number of hydrogen-bond acceptors (Lipinski definition) is 4. The van der Waals surface area contributed by atoms with Crippen molar-refractivity contribution in [2.75, 3.05) is 5.32 Å². The number of anilines is 1. The molecule has 5 heteroatoms. The van der Waals surface area contributed by atoms with Gasteiger partial charge in [0.05, 0.1) is 5.56 Å². The smallest absolute Gasteiger partial charge is 0.156 e. The molecule has 0 saturated heterocycles. The van der Waals surface area contributed by atoms with Gasteiger partial charge in [-0.15, -0.1) is 0 Å². The first-order chi connectivity index (χ1) is 8.60. The van der Waals surface area contributed by atoms with Gasteiger partial charge in [0.25, 0.3) is 0 Å². The Balaban J connectivity index is 2.14. The Labute approximate surface area is 112 Å². The Bertz CT molecular complexity index is 428. The average Bonchev–Trinajstić information content (AvgIpc) is 2.27. The summed E-state index contributed by atoms with van der Waals surface area (Å²) in [5.41, 5.74) is 0.352. The fourth-order valence-electron chi connectivity index (χ4n) is 2.85. The summed E-state index contributed by atoms with van der Waals surface area (Å²) < 4.78 is 0. The van der Waals surface area contributed by atoms with Crippen LogP contribution in [0.25, 0.3) is 0 Å². The standard InChI is InChI=1S/C13H18ClN3O/c1-8-3-9(2)5-10(4-8)17-13-11(6-18)12(14)15-7-16-13/h6-10H,3-5H2,1-2H3,(H,15,16,17). The van der Waals surface area contributed by atoms with Gasteiger partial charge in [0.2, 0.25) is 0 Å². The lowest BCUT2D eigenvalue weighted by molar-refractivity contribution is 0.112. The summed E-state index contributed by atoms with van der Waals surface area (Å²) in [5, 5.41) is 3.54. The van der Waals surface area contributed by atoms with E-state index in [4.69, 9.17) is 11.6 Å². The zero-order valence-corrected chi connectivity index (χ0v) is 11.4. The van der Waals surface area contributed by atoms with Crippen LogP contribution < -0.4 is 5.32 Å². The van der Waals surface area contributed by atoms with Gasteiger partial charge in [-0.05, 0) is 31.1 Å². The van der Waals surface area contributed by atoms with E-state index in [1.54, 1.807) is 0 Å². The summed E-state index contributed by atoms with van der Waals surface area (Å²) >= 11 is 5.88. The van der Waals surface area contributed by atoms with Crippen LogP contribution in [0, 0.1) is 11.8 Å². The Morgan fingerprint density at radius 3 is 2.56 bits per heavy atom. The maximum Gasteiger partial charge on any atom is 0.156 e. The average molecular weight is 268 g/mol. The zero-order valence-electron chi connectivity index (χ0n) is 10.7. The van der Waals surface area contributed by atoms with Gasteiger partial charge in [-0.1, -0.05) is 25.4 Å². The molecular weight excluding hydrogens is 250 g/mol. The number of halogens is 1.